The molecule has 3 rings (SSSR count). The van der Waals surface area contributed by atoms with Gasteiger partial charge in [-0.05, 0) is 42.2 Å². The van der Waals surface area contributed by atoms with Gasteiger partial charge in [0.15, 0.2) is 0 Å². The van der Waals surface area contributed by atoms with E-state index in [9.17, 15) is 9.90 Å². The Morgan fingerprint density at radius 2 is 1.90 bits per heavy atom. The molecule has 1 aliphatic carbocycles. The molecule has 1 aliphatic rings. The molecular weight excluding hydrogens is 250 g/mol. The number of hydrogen-bond donors (Lipinski definition) is 2. The maximum Gasteiger partial charge on any atom is 0.232 e. The fourth-order valence-electron chi connectivity index (χ4n) is 2.57. The molecular formula is C17H17NO2. The van der Waals surface area contributed by atoms with Crippen LogP contribution in [0.15, 0.2) is 48.5 Å². The van der Waals surface area contributed by atoms with Crippen LogP contribution in [0.25, 0.3) is 0 Å². The lowest BCUT2D eigenvalue weighted by Crippen LogP contribution is -2.30. The molecule has 2 aromatic rings. The van der Waals surface area contributed by atoms with E-state index in [0.29, 0.717) is 0 Å². The van der Waals surface area contributed by atoms with E-state index in [1.54, 1.807) is 6.92 Å². The van der Waals surface area contributed by atoms with Gasteiger partial charge in [-0.25, -0.2) is 0 Å². The van der Waals surface area contributed by atoms with Gasteiger partial charge in [-0.15, -0.1) is 0 Å². The molecule has 20 heavy (non-hydrogen) atoms. The molecule has 2 unspecified atom stereocenters. The summed E-state index contributed by atoms with van der Waals surface area (Å²) in [6.07, 6.45) is 0.326. The predicted molar refractivity (Wildman–Crippen MR) is 78.6 cm³/mol. The number of hydrogen-bond acceptors (Lipinski definition) is 2. The van der Waals surface area contributed by atoms with E-state index in [1.807, 2.05) is 42.5 Å². The highest BCUT2D eigenvalue weighted by Crippen LogP contribution is 2.35. The van der Waals surface area contributed by atoms with E-state index in [-0.39, 0.29) is 11.8 Å². The average molecular weight is 267 g/mol. The number of rotatable bonds is 3. The van der Waals surface area contributed by atoms with Crippen molar-refractivity contribution in [3.05, 3.63) is 65.2 Å². The number of anilines is 1. The second-order valence-electron chi connectivity index (χ2n) is 5.24. The largest absolute Gasteiger partial charge is 0.389 e. The summed E-state index contributed by atoms with van der Waals surface area (Å²) in [5, 5.41) is 12.4. The fourth-order valence-corrected chi connectivity index (χ4v) is 2.57. The van der Waals surface area contributed by atoms with E-state index < -0.39 is 6.10 Å². The highest BCUT2D eigenvalue weighted by Gasteiger charge is 2.31. The lowest BCUT2D eigenvalue weighted by atomic mass is 9.77. The highest BCUT2D eigenvalue weighted by molar-refractivity contribution is 5.97. The van der Waals surface area contributed by atoms with Crippen LogP contribution in [0.4, 0.5) is 5.69 Å². The topological polar surface area (TPSA) is 49.3 Å². The van der Waals surface area contributed by atoms with Crippen LogP contribution >= 0.6 is 0 Å². The zero-order valence-corrected chi connectivity index (χ0v) is 11.3. The quantitative estimate of drug-likeness (QED) is 0.898. The number of benzene rings is 2. The minimum Gasteiger partial charge on any atom is -0.389 e. The molecule has 3 heteroatoms. The number of carbonyl (C=O) groups is 1. The van der Waals surface area contributed by atoms with Gasteiger partial charge in [-0.3, -0.25) is 4.79 Å². The molecule has 0 aliphatic heterocycles. The Hall–Kier alpha value is -2.13. The minimum atomic E-state index is -0.488. The average Bonchev–Trinajstić information content (AvgIpc) is 2.41. The Morgan fingerprint density at radius 3 is 2.55 bits per heavy atom. The van der Waals surface area contributed by atoms with Crippen molar-refractivity contribution in [3.63, 3.8) is 0 Å². The van der Waals surface area contributed by atoms with Crippen molar-refractivity contribution in [1.82, 2.24) is 0 Å². The van der Waals surface area contributed by atoms with Crippen LogP contribution in [0.2, 0.25) is 0 Å². The van der Waals surface area contributed by atoms with Crippen molar-refractivity contribution in [1.29, 1.82) is 0 Å². The Bertz CT molecular complexity index is 632. The zero-order valence-electron chi connectivity index (χ0n) is 11.3. The van der Waals surface area contributed by atoms with Crippen molar-refractivity contribution < 1.29 is 9.90 Å². The Balaban J connectivity index is 1.68. The van der Waals surface area contributed by atoms with E-state index in [0.717, 1.165) is 23.2 Å². The lowest BCUT2D eigenvalue weighted by Gasteiger charge is -2.28. The number of carbonyl (C=O) groups excluding carboxylic acids is 1. The van der Waals surface area contributed by atoms with Crippen molar-refractivity contribution in [2.75, 3.05) is 5.32 Å². The van der Waals surface area contributed by atoms with E-state index >= 15 is 0 Å². The van der Waals surface area contributed by atoms with E-state index in [4.69, 9.17) is 0 Å². The van der Waals surface area contributed by atoms with Crippen LogP contribution in [-0.4, -0.2) is 11.0 Å². The first-order chi connectivity index (χ1) is 9.65. The number of amides is 1. The second-order valence-corrected chi connectivity index (χ2v) is 5.24. The summed E-state index contributed by atoms with van der Waals surface area (Å²) in [5.41, 5.74) is 4.00. The molecule has 2 aromatic carbocycles. The molecule has 0 aromatic heterocycles. The van der Waals surface area contributed by atoms with E-state index in [1.165, 1.54) is 5.56 Å². The molecule has 0 spiro atoms. The molecule has 0 saturated heterocycles. The van der Waals surface area contributed by atoms with Gasteiger partial charge >= 0.3 is 0 Å². The second kappa shape index (κ2) is 5.10. The molecule has 2 N–H and O–H groups in total. The number of fused-ring (bicyclic) bond motifs is 1. The molecule has 0 fully saturated rings. The minimum absolute atomic E-state index is 0.0356. The molecule has 3 nitrogen and oxygen atoms in total. The first kappa shape index (κ1) is 12.9. The fraction of sp³-hybridized carbons (Fsp3) is 0.235. The van der Waals surface area contributed by atoms with Crippen LogP contribution in [0.5, 0.6) is 0 Å². The summed E-state index contributed by atoms with van der Waals surface area (Å²) in [6, 6.07) is 15.4. The van der Waals surface area contributed by atoms with Crippen molar-refractivity contribution in [2.24, 2.45) is 0 Å². The predicted octanol–water partition coefficient (Wildman–Crippen LogP) is 3.02. The van der Waals surface area contributed by atoms with Gasteiger partial charge in [0.25, 0.3) is 0 Å². The summed E-state index contributed by atoms with van der Waals surface area (Å²) in [4.78, 5) is 12.2. The third-order valence-corrected chi connectivity index (χ3v) is 3.83. The van der Waals surface area contributed by atoms with Crippen molar-refractivity contribution >= 4 is 11.6 Å². The molecule has 0 radical (unpaired) electrons. The lowest BCUT2D eigenvalue weighted by molar-refractivity contribution is -0.118. The molecule has 0 heterocycles. The molecule has 0 bridgehead atoms. The van der Waals surface area contributed by atoms with Gasteiger partial charge in [0, 0.05) is 5.69 Å². The SMILES string of the molecule is CC(O)c1ccc(NC(=O)C2Cc3ccccc32)cc1. The van der Waals surface area contributed by atoms with Gasteiger partial charge in [-0.1, -0.05) is 36.4 Å². The van der Waals surface area contributed by atoms with Crippen LogP contribution in [0.3, 0.4) is 0 Å². The van der Waals surface area contributed by atoms with Gasteiger partial charge in [0.2, 0.25) is 5.91 Å². The van der Waals surface area contributed by atoms with Crippen LogP contribution in [0.1, 0.15) is 35.6 Å². The van der Waals surface area contributed by atoms with Gasteiger partial charge in [0.05, 0.1) is 12.0 Å². The Morgan fingerprint density at radius 1 is 1.20 bits per heavy atom. The Labute approximate surface area is 118 Å². The third kappa shape index (κ3) is 2.32. The van der Waals surface area contributed by atoms with Crippen molar-refractivity contribution in [2.45, 2.75) is 25.4 Å². The van der Waals surface area contributed by atoms with E-state index in [2.05, 4.69) is 11.4 Å². The van der Waals surface area contributed by atoms with Crippen molar-refractivity contribution in [3.8, 4) is 0 Å². The zero-order chi connectivity index (χ0) is 14.1. The summed E-state index contributed by atoms with van der Waals surface area (Å²) in [7, 11) is 0. The number of aliphatic hydroxyl groups excluding tert-OH is 1. The van der Waals surface area contributed by atoms with Crippen LogP contribution in [0, 0.1) is 0 Å². The van der Waals surface area contributed by atoms with Crippen LogP contribution in [-0.2, 0) is 11.2 Å². The number of aliphatic hydroxyl groups is 1. The molecule has 0 saturated carbocycles. The first-order valence-electron chi connectivity index (χ1n) is 6.82. The maximum atomic E-state index is 12.2. The van der Waals surface area contributed by atoms with Gasteiger partial charge in [-0.2, -0.15) is 0 Å². The molecule has 102 valence electrons. The summed E-state index contributed by atoms with van der Waals surface area (Å²) >= 11 is 0. The third-order valence-electron chi connectivity index (χ3n) is 3.83. The smallest absolute Gasteiger partial charge is 0.232 e. The van der Waals surface area contributed by atoms with Gasteiger partial charge < -0.3 is 10.4 Å². The molecule has 1 amide bonds. The summed E-state index contributed by atoms with van der Waals surface area (Å²) < 4.78 is 0. The normalized spacial score (nSPS) is 17.8. The Kier molecular flexibility index (Phi) is 3.28. The maximum absolute atomic E-state index is 12.2. The summed E-state index contributed by atoms with van der Waals surface area (Å²) in [5.74, 6) is -0.00358. The standard InChI is InChI=1S/C17H17NO2/c1-11(19)12-6-8-14(9-7-12)18-17(20)16-10-13-4-2-3-5-15(13)16/h2-9,11,16,19H,10H2,1H3,(H,18,20). The monoisotopic (exact) mass is 267 g/mol. The van der Waals surface area contributed by atoms with Gasteiger partial charge in [0.1, 0.15) is 0 Å². The first-order valence-corrected chi connectivity index (χ1v) is 6.82. The highest BCUT2D eigenvalue weighted by atomic mass is 16.3. The molecule has 2 atom stereocenters. The van der Waals surface area contributed by atoms with Crippen LogP contribution < -0.4 is 5.32 Å². The number of nitrogens with one attached hydrogen (secondary N) is 1. The summed E-state index contributed by atoms with van der Waals surface area (Å²) in [6.45, 7) is 1.72.